The maximum absolute atomic E-state index is 5.93. The van der Waals surface area contributed by atoms with Crippen LogP contribution in [0.1, 0.15) is 47.5 Å². The van der Waals surface area contributed by atoms with Gasteiger partial charge < -0.3 is 14.0 Å². The number of rotatable bonds is 3. The maximum atomic E-state index is 5.93. The molecule has 2 fully saturated rings. The van der Waals surface area contributed by atoms with Crippen LogP contribution in [0.5, 0.6) is 0 Å². The minimum absolute atomic E-state index is 0.197. The second-order valence-corrected chi connectivity index (χ2v) is 5.94. The van der Waals surface area contributed by atoms with Gasteiger partial charge >= 0.3 is 7.12 Å². The molecule has 0 unspecified atom stereocenters. The molecule has 0 aromatic heterocycles. The van der Waals surface area contributed by atoms with Crippen molar-refractivity contribution in [2.45, 2.75) is 64.8 Å². The highest BCUT2D eigenvalue weighted by Gasteiger charge is 2.50. The molecule has 1 heterocycles. The molecular weight excluding hydrogens is 215 g/mol. The third-order valence-corrected chi connectivity index (χ3v) is 4.03. The SMILES string of the molecule is CCOC1CC(=CB2OC(C)(C)C(C)(C)O2)C1. The van der Waals surface area contributed by atoms with E-state index in [9.17, 15) is 0 Å². The van der Waals surface area contributed by atoms with E-state index < -0.39 is 0 Å². The Morgan fingerprint density at radius 1 is 1.24 bits per heavy atom. The number of hydrogen-bond acceptors (Lipinski definition) is 3. The molecule has 0 aromatic rings. The molecule has 0 N–H and O–H groups in total. The summed E-state index contributed by atoms with van der Waals surface area (Å²) in [5, 5.41) is 0. The minimum Gasteiger partial charge on any atom is -0.400 e. The minimum atomic E-state index is -0.238. The Morgan fingerprint density at radius 3 is 2.24 bits per heavy atom. The van der Waals surface area contributed by atoms with E-state index in [4.69, 9.17) is 14.0 Å². The number of ether oxygens (including phenoxy) is 1. The summed E-state index contributed by atoms with van der Waals surface area (Å²) in [6.07, 6.45) is 2.46. The van der Waals surface area contributed by atoms with Crippen LogP contribution in [-0.4, -0.2) is 31.0 Å². The third-order valence-electron chi connectivity index (χ3n) is 4.03. The van der Waals surface area contributed by atoms with E-state index in [0.717, 1.165) is 19.4 Å². The first kappa shape index (κ1) is 13.1. The smallest absolute Gasteiger partial charge is 0.400 e. The molecule has 0 bridgehead atoms. The van der Waals surface area contributed by atoms with E-state index in [0.29, 0.717) is 6.10 Å². The first-order valence-corrected chi connectivity index (χ1v) is 6.51. The van der Waals surface area contributed by atoms with Crippen LogP contribution >= 0.6 is 0 Å². The summed E-state index contributed by atoms with van der Waals surface area (Å²) >= 11 is 0. The van der Waals surface area contributed by atoms with Crippen LogP contribution < -0.4 is 0 Å². The second-order valence-electron chi connectivity index (χ2n) is 5.94. The predicted molar refractivity (Wildman–Crippen MR) is 68.8 cm³/mol. The summed E-state index contributed by atoms with van der Waals surface area (Å²) in [6, 6.07) is 0. The Balaban J connectivity index is 1.89. The van der Waals surface area contributed by atoms with Gasteiger partial charge in [-0.1, -0.05) is 11.5 Å². The van der Waals surface area contributed by atoms with E-state index in [-0.39, 0.29) is 18.3 Å². The molecule has 2 rings (SSSR count). The molecule has 0 spiro atoms. The Labute approximate surface area is 105 Å². The number of hydrogen-bond donors (Lipinski definition) is 0. The van der Waals surface area contributed by atoms with Crippen LogP contribution in [0.15, 0.2) is 11.5 Å². The summed E-state index contributed by atoms with van der Waals surface area (Å²) in [4.78, 5) is 0. The molecule has 0 atom stereocenters. The Bertz CT molecular complexity index is 299. The largest absolute Gasteiger partial charge is 0.487 e. The predicted octanol–water partition coefficient (Wildman–Crippen LogP) is 2.74. The molecule has 4 heteroatoms. The van der Waals surface area contributed by atoms with Crippen LogP contribution in [0, 0.1) is 0 Å². The normalized spacial score (nSPS) is 30.3. The molecule has 3 nitrogen and oxygen atoms in total. The standard InChI is InChI=1S/C13H23BO3/c1-6-15-11-7-10(8-11)9-14-16-12(2,3)13(4,5)17-14/h9,11H,6-8H2,1-5H3. The molecule has 96 valence electrons. The van der Waals surface area contributed by atoms with Gasteiger partial charge in [0.05, 0.1) is 17.3 Å². The van der Waals surface area contributed by atoms with Crippen LogP contribution in [0.2, 0.25) is 0 Å². The summed E-state index contributed by atoms with van der Waals surface area (Å²) in [6.45, 7) is 11.2. The zero-order valence-electron chi connectivity index (χ0n) is 11.6. The van der Waals surface area contributed by atoms with Gasteiger partial charge in [0.2, 0.25) is 0 Å². The molecule has 0 aromatic carbocycles. The highest BCUT2D eigenvalue weighted by Crippen LogP contribution is 2.38. The molecule has 1 aliphatic carbocycles. The maximum Gasteiger partial charge on any atom is 0.487 e. The lowest BCUT2D eigenvalue weighted by Gasteiger charge is -2.32. The molecule has 1 saturated heterocycles. The van der Waals surface area contributed by atoms with Crippen molar-refractivity contribution in [3.05, 3.63) is 11.5 Å². The van der Waals surface area contributed by atoms with Crippen molar-refractivity contribution in [2.24, 2.45) is 0 Å². The Hall–Kier alpha value is -0.315. The zero-order valence-corrected chi connectivity index (χ0v) is 11.6. The highest BCUT2D eigenvalue weighted by molar-refractivity contribution is 6.51. The summed E-state index contributed by atoms with van der Waals surface area (Å²) in [5.74, 6) is 2.12. The molecule has 0 amide bonds. The van der Waals surface area contributed by atoms with Gasteiger partial charge in [-0.25, -0.2) is 0 Å². The van der Waals surface area contributed by atoms with Crippen molar-refractivity contribution in [3.8, 4) is 0 Å². The fourth-order valence-electron chi connectivity index (χ4n) is 2.16. The van der Waals surface area contributed by atoms with Crippen LogP contribution in [0.3, 0.4) is 0 Å². The summed E-state index contributed by atoms with van der Waals surface area (Å²) in [7, 11) is -0.197. The lowest BCUT2D eigenvalue weighted by atomic mass is 9.78. The topological polar surface area (TPSA) is 27.7 Å². The van der Waals surface area contributed by atoms with Crippen LogP contribution in [-0.2, 0) is 14.0 Å². The van der Waals surface area contributed by atoms with Gasteiger partial charge in [0.1, 0.15) is 0 Å². The van der Waals surface area contributed by atoms with E-state index in [1.165, 1.54) is 5.57 Å². The molecule has 1 aliphatic heterocycles. The molecule has 1 saturated carbocycles. The van der Waals surface area contributed by atoms with E-state index in [1.807, 2.05) is 6.92 Å². The molecule has 0 radical (unpaired) electrons. The van der Waals surface area contributed by atoms with E-state index >= 15 is 0 Å². The van der Waals surface area contributed by atoms with Gasteiger partial charge in [-0.05, 0) is 47.5 Å². The lowest BCUT2D eigenvalue weighted by molar-refractivity contribution is 0.00578. The van der Waals surface area contributed by atoms with Crippen molar-refractivity contribution < 1.29 is 14.0 Å². The van der Waals surface area contributed by atoms with Gasteiger partial charge in [-0.15, -0.1) is 0 Å². The average molecular weight is 238 g/mol. The van der Waals surface area contributed by atoms with Gasteiger partial charge in [0, 0.05) is 6.61 Å². The first-order chi connectivity index (χ1) is 7.84. The monoisotopic (exact) mass is 238 g/mol. The quantitative estimate of drug-likeness (QED) is 0.707. The van der Waals surface area contributed by atoms with Gasteiger partial charge in [0.25, 0.3) is 0 Å². The Kier molecular flexibility index (Phi) is 3.41. The van der Waals surface area contributed by atoms with Gasteiger partial charge in [-0.3, -0.25) is 0 Å². The van der Waals surface area contributed by atoms with Crippen LogP contribution in [0.4, 0.5) is 0 Å². The Morgan fingerprint density at radius 2 is 1.76 bits per heavy atom. The van der Waals surface area contributed by atoms with Crippen LogP contribution in [0.25, 0.3) is 0 Å². The zero-order chi connectivity index (χ0) is 12.7. The lowest BCUT2D eigenvalue weighted by Crippen LogP contribution is -2.41. The van der Waals surface area contributed by atoms with E-state index in [1.54, 1.807) is 0 Å². The first-order valence-electron chi connectivity index (χ1n) is 6.51. The van der Waals surface area contributed by atoms with Crippen molar-refractivity contribution in [1.82, 2.24) is 0 Å². The molecule has 2 aliphatic rings. The fraction of sp³-hybridized carbons (Fsp3) is 0.846. The van der Waals surface area contributed by atoms with E-state index in [2.05, 4.69) is 33.7 Å². The van der Waals surface area contributed by atoms with Crippen molar-refractivity contribution >= 4 is 7.12 Å². The van der Waals surface area contributed by atoms with Gasteiger partial charge in [-0.2, -0.15) is 0 Å². The molecule has 17 heavy (non-hydrogen) atoms. The van der Waals surface area contributed by atoms with Crippen molar-refractivity contribution in [2.75, 3.05) is 6.61 Å². The highest BCUT2D eigenvalue weighted by atomic mass is 16.7. The van der Waals surface area contributed by atoms with Gasteiger partial charge in [0.15, 0.2) is 0 Å². The summed E-state index contributed by atoms with van der Waals surface area (Å²) < 4.78 is 17.4. The average Bonchev–Trinajstić information content (AvgIpc) is 2.32. The fourth-order valence-corrected chi connectivity index (χ4v) is 2.16. The second kappa shape index (κ2) is 4.41. The summed E-state index contributed by atoms with van der Waals surface area (Å²) in [5.41, 5.74) is 0.914. The third kappa shape index (κ3) is 2.59. The van der Waals surface area contributed by atoms with Crippen molar-refractivity contribution in [1.29, 1.82) is 0 Å². The van der Waals surface area contributed by atoms with Crippen molar-refractivity contribution in [3.63, 3.8) is 0 Å². The molecular formula is C13H23BO3.